The van der Waals surface area contributed by atoms with Crippen molar-refractivity contribution in [3.05, 3.63) is 35.9 Å². The molecule has 0 N–H and O–H groups in total. The van der Waals surface area contributed by atoms with Crippen LogP contribution < -0.4 is 0 Å². The highest BCUT2D eigenvalue weighted by atomic mass is 16.1. The Morgan fingerprint density at radius 3 is 2.42 bits per heavy atom. The summed E-state index contributed by atoms with van der Waals surface area (Å²) in [4.78, 5) is 14.7. The lowest BCUT2D eigenvalue weighted by molar-refractivity contribution is -0.125. The van der Waals surface area contributed by atoms with Crippen molar-refractivity contribution in [2.75, 3.05) is 14.1 Å². The first-order valence-corrected chi connectivity index (χ1v) is 7.44. The number of Topliss-reactive ketones (excluding diaryl/α,β-unsaturated/α-hetero) is 1. The van der Waals surface area contributed by atoms with E-state index >= 15 is 0 Å². The van der Waals surface area contributed by atoms with Gasteiger partial charge in [-0.2, -0.15) is 0 Å². The molecule has 1 aliphatic carbocycles. The van der Waals surface area contributed by atoms with E-state index in [-0.39, 0.29) is 12.0 Å². The Balaban J connectivity index is 2.24. The van der Waals surface area contributed by atoms with Crippen LogP contribution in [0.1, 0.15) is 50.1 Å². The van der Waals surface area contributed by atoms with Crippen LogP contribution in [0.15, 0.2) is 30.3 Å². The molecule has 2 atom stereocenters. The molecule has 0 radical (unpaired) electrons. The van der Waals surface area contributed by atoms with Gasteiger partial charge in [0.2, 0.25) is 0 Å². The Morgan fingerprint density at radius 1 is 1.05 bits per heavy atom. The highest BCUT2D eigenvalue weighted by Gasteiger charge is 2.30. The fraction of sp³-hybridized carbons (Fsp3) is 0.588. The van der Waals surface area contributed by atoms with E-state index in [9.17, 15) is 4.79 Å². The first kappa shape index (κ1) is 14.3. The number of nitrogens with zero attached hydrogens (tertiary/aromatic N) is 1. The Morgan fingerprint density at radius 2 is 1.74 bits per heavy atom. The molecule has 1 aromatic rings. The van der Waals surface area contributed by atoms with Gasteiger partial charge in [-0.1, -0.05) is 49.6 Å². The van der Waals surface area contributed by atoms with Gasteiger partial charge in [-0.3, -0.25) is 4.79 Å². The van der Waals surface area contributed by atoms with Crippen LogP contribution in [0, 0.1) is 5.92 Å². The number of rotatable bonds is 3. The van der Waals surface area contributed by atoms with Crippen LogP contribution in [-0.2, 0) is 4.79 Å². The highest BCUT2D eigenvalue weighted by molar-refractivity contribution is 5.82. The third-order valence-corrected chi connectivity index (χ3v) is 4.18. The minimum atomic E-state index is 0.165. The summed E-state index contributed by atoms with van der Waals surface area (Å²) in [7, 11) is 4.17. The van der Waals surface area contributed by atoms with Crippen LogP contribution >= 0.6 is 0 Å². The average Bonchev–Trinajstić information content (AvgIpc) is 2.39. The number of hydrogen-bond donors (Lipinski definition) is 0. The van der Waals surface area contributed by atoms with Gasteiger partial charge >= 0.3 is 0 Å². The van der Waals surface area contributed by atoms with Crippen LogP contribution in [-0.4, -0.2) is 24.8 Å². The summed E-state index contributed by atoms with van der Waals surface area (Å²) in [5.74, 6) is 0.625. The maximum Gasteiger partial charge on any atom is 0.137 e. The molecule has 2 nitrogen and oxygen atoms in total. The third kappa shape index (κ3) is 3.66. The first-order chi connectivity index (χ1) is 9.20. The average molecular weight is 259 g/mol. The molecule has 1 fully saturated rings. The van der Waals surface area contributed by atoms with Gasteiger partial charge in [0.15, 0.2) is 0 Å². The van der Waals surface area contributed by atoms with Crippen LogP contribution in [0.4, 0.5) is 0 Å². The summed E-state index contributed by atoms with van der Waals surface area (Å²) in [6.45, 7) is 0. The van der Waals surface area contributed by atoms with E-state index in [1.54, 1.807) is 0 Å². The van der Waals surface area contributed by atoms with Crippen LogP contribution in [0.2, 0.25) is 0 Å². The molecule has 19 heavy (non-hydrogen) atoms. The second-order valence-electron chi connectivity index (χ2n) is 5.84. The van der Waals surface area contributed by atoms with Gasteiger partial charge in [-0.05, 0) is 32.5 Å². The quantitative estimate of drug-likeness (QED) is 0.822. The molecule has 0 amide bonds. The molecule has 2 heteroatoms. The largest absolute Gasteiger partial charge is 0.302 e. The van der Waals surface area contributed by atoms with E-state index in [2.05, 4.69) is 43.3 Å². The summed E-state index contributed by atoms with van der Waals surface area (Å²) in [5, 5.41) is 0. The maximum absolute atomic E-state index is 12.5. The summed E-state index contributed by atoms with van der Waals surface area (Å²) >= 11 is 0. The summed E-state index contributed by atoms with van der Waals surface area (Å²) in [6.07, 6.45) is 6.56. The van der Waals surface area contributed by atoms with E-state index in [0.29, 0.717) is 5.78 Å². The van der Waals surface area contributed by atoms with Crippen molar-refractivity contribution >= 4 is 5.78 Å². The van der Waals surface area contributed by atoms with Gasteiger partial charge in [-0.15, -0.1) is 0 Å². The van der Waals surface area contributed by atoms with Crippen molar-refractivity contribution in [2.24, 2.45) is 5.92 Å². The molecule has 2 unspecified atom stereocenters. The van der Waals surface area contributed by atoms with Crippen molar-refractivity contribution in [3.8, 4) is 0 Å². The monoisotopic (exact) mass is 259 g/mol. The van der Waals surface area contributed by atoms with E-state index in [1.807, 2.05) is 6.07 Å². The Hall–Kier alpha value is -1.15. The second kappa shape index (κ2) is 6.85. The summed E-state index contributed by atoms with van der Waals surface area (Å²) in [6, 6.07) is 10.7. The third-order valence-electron chi connectivity index (χ3n) is 4.18. The molecule has 104 valence electrons. The van der Waals surface area contributed by atoms with Crippen LogP contribution in [0.25, 0.3) is 0 Å². The Bertz CT molecular complexity index is 399. The second-order valence-corrected chi connectivity index (χ2v) is 5.84. The molecule has 0 aliphatic heterocycles. The van der Waals surface area contributed by atoms with Gasteiger partial charge in [0.25, 0.3) is 0 Å². The molecular formula is C17H25NO. The topological polar surface area (TPSA) is 20.3 Å². The number of carbonyl (C=O) groups is 1. The van der Waals surface area contributed by atoms with E-state index in [1.165, 1.54) is 24.8 Å². The van der Waals surface area contributed by atoms with Crippen molar-refractivity contribution in [1.82, 2.24) is 4.90 Å². The molecule has 2 rings (SSSR count). The molecule has 0 aromatic heterocycles. The molecule has 1 saturated carbocycles. The first-order valence-electron chi connectivity index (χ1n) is 7.44. The Kier molecular flexibility index (Phi) is 5.15. The zero-order valence-electron chi connectivity index (χ0n) is 12.1. The van der Waals surface area contributed by atoms with E-state index < -0.39 is 0 Å². The normalized spacial score (nSPS) is 22.9. The van der Waals surface area contributed by atoms with Crippen LogP contribution in [0.3, 0.4) is 0 Å². The number of carbonyl (C=O) groups excluding carboxylic acids is 1. The lowest BCUT2D eigenvalue weighted by Crippen LogP contribution is -2.33. The highest BCUT2D eigenvalue weighted by Crippen LogP contribution is 2.33. The minimum Gasteiger partial charge on any atom is -0.302 e. The standard InChI is InChI=1S/C17H25NO/c1-18(2)17(14-10-6-5-7-11-14)15-12-8-3-4-9-13-16(15)19/h5-7,10-11,15,17H,3-4,8-9,12-13H2,1-2H3. The number of ketones is 1. The van der Waals surface area contributed by atoms with E-state index in [0.717, 1.165) is 19.3 Å². The fourth-order valence-corrected chi connectivity index (χ4v) is 3.24. The lowest BCUT2D eigenvalue weighted by atomic mass is 9.81. The maximum atomic E-state index is 12.5. The lowest BCUT2D eigenvalue weighted by Gasteiger charge is -2.33. The van der Waals surface area contributed by atoms with Crippen molar-refractivity contribution in [1.29, 1.82) is 0 Å². The molecule has 0 spiro atoms. The Labute approximate surface area is 116 Å². The van der Waals surface area contributed by atoms with Crippen molar-refractivity contribution in [3.63, 3.8) is 0 Å². The molecule has 0 saturated heterocycles. The minimum absolute atomic E-state index is 0.165. The van der Waals surface area contributed by atoms with Crippen molar-refractivity contribution < 1.29 is 4.79 Å². The summed E-state index contributed by atoms with van der Waals surface area (Å²) in [5.41, 5.74) is 1.27. The van der Waals surface area contributed by atoms with Gasteiger partial charge in [0.05, 0.1) is 0 Å². The predicted molar refractivity (Wildman–Crippen MR) is 79.1 cm³/mol. The summed E-state index contributed by atoms with van der Waals surface area (Å²) < 4.78 is 0. The number of hydrogen-bond acceptors (Lipinski definition) is 2. The molecule has 1 aromatic carbocycles. The molecule has 0 bridgehead atoms. The smallest absolute Gasteiger partial charge is 0.137 e. The van der Waals surface area contributed by atoms with Gasteiger partial charge < -0.3 is 4.90 Å². The zero-order valence-corrected chi connectivity index (χ0v) is 12.1. The zero-order chi connectivity index (χ0) is 13.7. The van der Waals surface area contributed by atoms with Gasteiger partial charge in [0.1, 0.15) is 5.78 Å². The van der Waals surface area contributed by atoms with Gasteiger partial charge in [0, 0.05) is 18.4 Å². The van der Waals surface area contributed by atoms with Crippen molar-refractivity contribution in [2.45, 2.75) is 44.6 Å². The SMILES string of the molecule is CN(C)C(c1ccccc1)C1CCCCCCC1=O. The fourth-order valence-electron chi connectivity index (χ4n) is 3.24. The molecular weight excluding hydrogens is 234 g/mol. The van der Waals surface area contributed by atoms with Crippen LogP contribution in [0.5, 0.6) is 0 Å². The van der Waals surface area contributed by atoms with Gasteiger partial charge in [-0.25, -0.2) is 0 Å². The molecule has 0 heterocycles. The number of benzene rings is 1. The predicted octanol–water partition coefficient (Wildman–Crippen LogP) is 3.83. The van der Waals surface area contributed by atoms with E-state index in [4.69, 9.17) is 0 Å². The molecule has 1 aliphatic rings.